The summed E-state index contributed by atoms with van der Waals surface area (Å²) in [6.45, 7) is 0. The van der Waals surface area contributed by atoms with E-state index in [1.807, 2.05) is 18.2 Å². The number of hydrogen-bond acceptors (Lipinski definition) is 5. The van der Waals surface area contributed by atoms with Crippen LogP contribution in [0.1, 0.15) is 0 Å². The van der Waals surface area contributed by atoms with Gasteiger partial charge in [0.2, 0.25) is 0 Å². The largest absolute Gasteiger partial charge is 0.456 e. The van der Waals surface area contributed by atoms with Gasteiger partial charge in [-0.2, -0.15) is 0 Å². The number of furan rings is 1. The lowest BCUT2D eigenvalue weighted by Crippen LogP contribution is -2.01. The zero-order valence-corrected chi connectivity index (χ0v) is 27.9. The Labute approximate surface area is 295 Å². The summed E-state index contributed by atoms with van der Waals surface area (Å²) in [7, 11) is 0. The van der Waals surface area contributed by atoms with Gasteiger partial charge < -0.3 is 8.98 Å². The molecule has 0 radical (unpaired) electrons. The standard InChI is InChI=1S/C45H26N4OS/c1-2-12-28(13-3-1)49-35-19-7-4-15-31(35)41-33(17-10-20-36(41)49)44-46-43(27-24-25-30-29-14-5-8-21-37(29)50-38(30)26-27)47-45(48-44)34-18-11-23-40-42(34)32-16-6-9-22-39(32)51-40/h1-26H. The molecule has 238 valence electrons. The van der Waals surface area contributed by atoms with E-state index in [2.05, 4.69) is 144 Å². The molecular weight excluding hydrogens is 645 g/mol. The van der Waals surface area contributed by atoms with E-state index in [1.54, 1.807) is 11.3 Å². The summed E-state index contributed by atoms with van der Waals surface area (Å²) >= 11 is 1.79. The third-order valence-electron chi connectivity index (χ3n) is 9.87. The number of rotatable bonds is 4. The number of fused-ring (bicyclic) bond motifs is 9. The van der Waals surface area contributed by atoms with Gasteiger partial charge in [0.15, 0.2) is 17.5 Å². The normalized spacial score (nSPS) is 11.9. The topological polar surface area (TPSA) is 56.7 Å². The molecule has 0 saturated heterocycles. The fraction of sp³-hybridized carbons (Fsp3) is 0. The molecule has 5 nitrogen and oxygen atoms in total. The fourth-order valence-corrected chi connectivity index (χ4v) is 8.76. The summed E-state index contributed by atoms with van der Waals surface area (Å²) in [5, 5.41) is 6.77. The first-order valence-corrected chi connectivity index (χ1v) is 17.8. The minimum absolute atomic E-state index is 0.595. The molecule has 11 aromatic rings. The Hall–Kier alpha value is -6.63. The Balaban J connectivity index is 1.21. The van der Waals surface area contributed by atoms with Crippen LogP contribution in [0, 0.1) is 0 Å². The number of nitrogens with zero attached hydrogens (tertiary/aromatic N) is 4. The first kappa shape index (κ1) is 28.2. The van der Waals surface area contributed by atoms with Crippen molar-refractivity contribution in [1.82, 2.24) is 19.5 Å². The average Bonchev–Trinajstić information content (AvgIpc) is 3.87. The molecule has 4 heterocycles. The molecule has 51 heavy (non-hydrogen) atoms. The van der Waals surface area contributed by atoms with Crippen LogP contribution in [0.3, 0.4) is 0 Å². The SMILES string of the molecule is c1ccc(-n2c3ccccc3c3c(-c4nc(-c5ccc6c(c5)oc5ccccc56)nc(-c5cccc6sc7ccccc7c56)n4)cccc32)cc1. The predicted molar refractivity (Wildman–Crippen MR) is 211 cm³/mol. The smallest absolute Gasteiger partial charge is 0.164 e. The summed E-state index contributed by atoms with van der Waals surface area (Å²) < 4.78 is 11.1. The second kappa shape index (κ2) is 10.9. The van der Waals surface area contributed by atoms with Crippen molar-refractivity contribution in [3.05, 3.63) is 158 Å². The first-order chi connectivity index (χ1) is 25.3. The van der Waals surface area contributed by atoms with Crippen LogP contribution in [0.4, 0.5) is 0 Å². The highest BCUT2D eigenvalue weighted by atomic mass is 32.1. The predicted octanol–water partition coefficient (Wildman–Crippen LogP) is 12.2. The second-order valence-electron chi connectivity index (χ2n) is 12.8. The average molecular weight is 671 g/mol. The molecule has 4 aromatic heterocycles. The molecule has 0 aliphatic rings. The third-order valence-corrected chi connectivity index (χ3v) is 11.0. The van der Waals surface area contributed by atoms with Crippen molar-refractivity contribution >= 4 is 75.3 Å². The molecular formula is C45H26N4OS. The summed E-state index contributed by atoms with van der Waals surface area (Å²) in [6, 6.07) is 54.9. The van der Waals surface area contributed by atoms with Crippen molar-refractivity contribution in [3.63, 3.8) is 0 Å². The Morgan fingerprint density at radius 3 is 1.92 bits per heavy atom. The summed E-state index contributed by atoms with van der Waals surface area (Å²) in [5.41, 5.74) is 7.80. The number of aromatic nitrogens is 4. The molecule has 0 unspecified atom stereocenters. The molecule has 0 aliphatic carbocycles. The van der Waals surface area contributed by atoms with Crippen molar-refractivity contribution in [2.45, 2.75) is 0 Å². The molecule has 0 atom stereocenters. The van der Waals surface area contributed by atoms with Gasteiger partial charge in [-0.1, -0.05) is 103 Å². The van der Waals surface area contributed by atoms with Crippen molar-refractivity contribution < 1.29 is 4.42 Å². The van der Waals surface area contributed by atoms with Crippen LogP contribution >= 0.6 is 11.3 Å². The fourth-order valence-electron chi connectivity index (χ4n) is 7.63. The van der Waals surface area contributed by atoms with Crippen LogP contribution in [0.25, 0.3) is 104 Å². The maximum absolute atomic E-state index is 6.32. The number of benzene rings is 7. The molecule has 0 saturated carbocycles. The summed E-state index contributed by atoms with van der Waals surface area (Å²) in [6.07, 6.45) is 0. The van der Waals surface area contributed by atoms with Gasteiger partial charge >= 0.3 is 0 Å². The quantitative estimate of drug-likeness (QED) is 0.187. The second-order valence-corrected chi connectivity index (χ2v) is 13.9. The van der Waals surface area contributed by atoms with E-state index < -0.39 is 0 Å². The van der Waals surface area contributed by atoms with Gasteiger partial charge in [-0.25, -0.2) is 15.0 Å². The van der Waals surface area contributed by atoms with Gasteiger partial charge in [-0.05, 0) is 54.6 Å². The number of para-hydroxylation sites is 3. The van der Waals surface area contributed by atoms with Crippen LogP contribution in [0.2, 0.25) is 0 Å². The molecule has 0 spiro atoms. The molecule has 0 N–H and O–H groups in total. The molecule has 7 aromatic carbocycles. The molecule has 0 fully saturated rings. The number of thiophene rings is 1. The summed E-state index contributed by atoms with van der Waals surface area (Å²) in [5.74, 6) is 1.85. The van der Waals surface area contributed by atoms with Gasteiger partial charge in [-0.15, -0.1) is 11.3 Å². The van der Waals surface area contributed by atoms with Gasteiger partial charge in [0.25, 0.3) is 0 Å². The van der Waals surface area contributed by atoms with Crippen molar-refractivity contribution in [3.8, 4) is 39.9 Å². The van der Waals surface area contributed by atoms with E-state index >= 15 is 0 Å². The minimum Gasteiger partial charge on any atom is -0.456 e. The van der Waals surface area contributed by atoms with Gasteiger partial charge in [-0.3, -0.25) is 0 Å². The highest BCUT2D eigenvalue weighted by molar-refractivity contribution is 7.25. The lowest BCUT2D eigenvalue weighted by atomic mass is 10.0. The molecule has 0 aliphatic heterocycles. The van der Waals surface area contributed by atoms with E-state index in [4.69, 9.17) is 19.4 Å². The zero-order chi connectivity index (χ0) is 33.5. The highest BCUT2D eigenvalue weighted by Gasteiger charge is 2.21. The van der Waals surface area contributed by atoms with Crippen LogP contribution in [-0.2, 0) is 0 Å². The van der Waals surface area contributed by atoms with E-state index in [1.165, 1.54) is 14.8 Å². The van der Waals surface area contributed by atoms with Crippen LogP contribution in [0.5, 0.6) is 0 Å². The molecule has 0 amide bonds. The maximum atomic E-state index is 6.32. The third kappa shape index (κ3) is 4.30. The molecule has 0 bridgehead atoms. The van der Waals surface area contributed by atoms with E-state index in [0.29, 0.717) is 17.5 Å². The van der Waals surface area contributed by atoms with E-state index in [0.717, 1.165) is 71.5 Å². The first-order valence-electron chi connectivity index (χ1n) is 16.9. The molecule has 6 heteroatoms. The summed E-state index contributed by atoms with van der Waals surface area (Å²) in [4.78, 5) is 15.8. The monoisotopic (exact) mass is 670 g/mol. The number of hydrogen-bond donors (Lipinski definition) is 0. The lowest BCUT2D eigenvalue weighted by Gasteiger charge is -2.11. The maximum Gasteiger partial charge on any atom is 0.164 e. The molecule has 11 rings (SSSR count). The Morgan fingerprint density at radius 2 is 1.06 bits per heavy atom. The van der Waals surface area contributed by atoms with Gasteiger partial charge in [0.05, 0.1) is 11.0 Å². The highest BCUT2D eigenvalue weighted by Crippen LogP contribution is 2.42. The Bertz CT molecular complexity index is 3150. The lowest BCUT2D eigenvalue weighted by molar-refractivity contribution is 0.669. The Kier molecular flexibility index (Phi) is 6.05. The van der Waals surface area contributed by atoms with Crippen LogP contribution in [0.15, 0.2) is 162 Å². The van der Waals surface area contributed by atoms with Crippen molar-refractivity contribution in [2.24, 2.45) is 0 Å². The Morgan fingerprint density at radius 1 is 0.431 bits per heavy atom. The van der Waals surface area contributed by atoms with E-state index in [9.17, 15) is 0 Å². The van der Waals surface area contributed by atoms with Crippen molar-refractivity contribution in [2.75, 3.05) is 0 Å². The zero-order valence-electron chi connectivity index (χ0n) is 27.1. The van der Waals surface area contributed by atoms with Crippen LogP contribution in [-0.4, -0.2) is 19.5 Å². The van der Waals surface area contributed by atoms with Crippen molar-refractivity contribution in [1.29, 1.82) is 0 Å². The minimum atomic E-state index is 0.595. The van der Waals surface area contributed by atoms with E-state index in [-0.39, 0.29) is 0 Å². The van der Waals surface area contributed by atoms with Gasteiger partial charge in [0, 0.05) is 64.1 Å². The van der Waals surface area contributed by atoms with Crippen LogP contribution < -0.4 is 0 Å². The van der Waals surface area contributed by atoms with Gasteiger partial charge in [0.1, 0.15) is 11.2 Å².